The Morgan fingerprint density at radius 1 is 1.64 bits per heavy atom. The maximum Gasteiger partial charge on any atom is 0.0420 e. The summed E-state index contributed by atoms with van der Waals surface area (Å²) in [5.41, 5.74) is 13.2. The number of hydrogen-bond acceptors (Lipinski definition) is 3. The molecule has 1 heterocycles. The van der Waals surface area contributed by atoms with Crippen LogP contribution in [0, 0.1) is 6.92 Å². The number of aryl methyl sites for hydroxylation is 1. The van der Waals surface area contributed by atoms with Gasteiger partial charge in [-0.1, -0.05) is 0 Å². The lowest BCUT2D eigenvalue weighted by atomic mass is 10.1. The van der Waals surface area contributed by atoms with E-state index in [2.05, 4.69) is 4.98 Å². The molecule has 3 nitrogen and oxygen atoms in total. The molecular formula is C8H13N3. The smallest absolute Gasteiger partial charge is 0.0420 e. The minimum absolute atomic E-state index is 0.0586. The molecule has 60 valence electrons. The zero-order valence-corrected chi connectivity index (χ0v) is 6.62. The molecule has 0 bridgehead atoms. The Bertz CT molecular complexity index is 235. The Labute approximate surface area is 66.4 Å². The van der Waals surface area contributed by atoms with Crippen molar-refractivity contribution in [3.8, 4) is 0 Å². The molecule has 0 aliphatic heterocycles. The van der Waals surface area contributed by atoms with Gasteiger partial charge in [-0.25, -0.2) is 0 Å². The molecule has 1 atom stereocenters. The van der Waals surface area contributed by atoms with Crippen molar-refractivity contribution in [2.75, 3.05) is 6.54 Å². The number of nitrogens with zero attached hydrogens (tertiary/aromatic N) is 1. The maximum atomic E-state index is 5.71. The van der Waals surface area contributed by atoms with Crippen LogP contribution in [-0.2, 0) is 0 Å². The first-order valence-electron chi connectivity index (χ1n) is 3.62. The van der Waals surface area contributed by atoms with E-state index < -0.39 is 0 Å². The van der Waals surface area contributed by atoms with Crippen LogP contribution in [-0.4, -0.2) is 11.5 Å². The number of hydrogen-bond donors (Lipinski definition) is 2. The normalized spacial score (nSPS) is 13.0. The van der Waals surface area contributed by atoms with Crippen molar-refractivity contribution >= 4 is 0 Å². The van der Waals surface area contributed by atoms with Gasteiger partial charge in [-0.3, -0.25) is 4.98 Å². The standard InChI is InChI=1S/C8H13N3/c1-6-4-7(2-3-11-6)8(10)5-9/h2-4,8H,5,9-10H2,1H3. The van der Waals surface area contributed by atoms with E-state index in [1.807, 2.05) is 19.1 Å². The molecular weight excluding hydrogens is 138 g/mol. The van der Waals surface area contributed by atoms with Gasteiger partial charge < -0.3 is 11.5 Å². The Kier molecular flexibility index (Phi) is 2.57. The molecule has 0 saturated carbocycles. The second kappa shape index (κ2) is 3.46. The lowest BCUT2D eigenvalue weighted by Crippen LogP contribution is -2.20. The average molecular weight is 151 g/mol. The molecule has 11 heavy (non-hydrogen) atoms. The van der Waals surface area contributed by atoms with Crippen molar-refractivity contribution in [3.05, 3.63) is 29.6 Å². The first kappa shape index (κ1) is 8.17. The molecule has 1 rings (SSSR count). The monoisotopic (exact) mass is 151 g/mol. The number of rotatable bonds is 2. The molecule has 0 fully saturated rings. The van der Waals surface area contributed by atoms with Gasteiger partial charge in [0.1, 0.15) is 0 Å². The molecule has 0 aliphatic rings. The topological polar surface area (TPSA) is 64.9 Å². The van der Waals surface area contributed by atoms with Crippen molar-refractivity contribution in [1.82, 2.24) is 4.98 Å². The molecule has 0 saturated heterocycles. The van der Waals surface area contributed by atoms with Gasteiger partial charge >= 0.3 is 0 Å². The lowest BCUT2D eigenvalue weighted by molar-refractivity contribution is 0.734. The third-order valence-electron chi connectivity index (χ3n) is 1.60. The second-order valence-electron chi connectivity index (χ2n) is 2.57. The van der Waals surface area contributed by atoms with Gasteiger partial charge in [0.15, 0.2) is 0 Å². The Hall–Kier alpha value is -0.930. The number of nitrogens with two attached hydrogens (primary N) is 2. The molecule has 0 aliphatic carbocycles. The van der Waals surface area contributed by atoms with Crippen molar-refractivity contribution in [3.63, 3.8) is 0 Å². The van der Waals surface area contributed by atoms with Crippen LogP contribution in [0.5, 0.6) is 0 Å². The Balaban J connectivity index is 2.86. The molecule has 4 N–H and O–H groups in total. The van der Waals surface area contributed by atoms with Gasteiger partial charge in [0.25, 0.3) is 0 Å². The SMILES string of the molecule is Cc1cc(C(N)CN)ccn1. The van der Waals surface area contributed by atoms with Gasteiger partial charge in [0, 0.05) is 24.5 Å². The Morgan fingerprint density at radius 2 is 2.36 bits per heavy atom. The van der Waals surface area contributed by atoms with Crippen LogP contribution in [0.25, 0.3) is 0 Å². The predicted molar refractivity (Wildman–Crippen MR) is 45.0 cm³/mol. The third kappa shape index (κ3) is 2.00. The summed E-state index contributed by atoms with van der Waals surface area (Å²) in [6, 6.07) is 3.79. The fourth-order valence-electron chi connectivity index (χ4n) is 0.934. The summed E-state index contributed by atoms with van der Waals surface area (Å²) < 4.78 is 0. The quantitative estimate of drug-likeness (QED) is 0.641. The fourth-order valence-corrected chi connectivity index (χ4v) is 0.934. The largest absolute Gasteiger partial charge is 0.329 e. The van der Waals surface area contributed by atoms with Crippen LogP contribution in [0.1, 0.15) is 17.3 Å². The van der Waals surface area contributed by atoms with Gasteiger partial charge in [0.05, 0.1) is 0 Å². The average Bonchev–Trinajstić information content (AvgIpc) is 2.03. The van der Waals surface area contributed by atoms with Crippen LogP contribution in [0.3, 0.4) is 0 Å². The van der Waals surface area contributed by atoms with Crippen LogP contribution in [0.15, 0.2) is 18.3 Å². The van der Waals surface area contributed by atoms with Gasteiger partial charge in [-0.05, 0) is 24.6 Å². The summed E-state index contributed by atoms with van der Waals surface area (Å²) in [7, 11) is 0. The molecule has 1 unspecified atom stereocenters. The van der Waals surface area contributed by atoms with E-state index in [0.717, 1.165) is 11.3 Å². The molecule has 1 aromatic rings. The highest BCUT2D eigenvalue weighted by Crippen LogP contribution is 2.08. The number of pyridine rings is 1. The highest BCUT2D eigenvalue weighted by Gasteiger charge is 2.01. The number of aromatic nitrogens is 1. The summed E-state index contributed by atoms with van der Waals surface area (Å²) in [6.45, 7) is 2.41. The van der Waals surface area contributed by atoms with E-state index in [4.69, 9.17) is 11.5 Å². The van der Waals surface area contributed by atoms with E-state index in [1.165, 1.54) is 0 Å². The van der Waals surface area contributed by atoms with Crippen LogP contribution in [0.2, 0.25) is 0 Å². The molecule has 1 aromatic heterocycles. The zero-order valence-electron chi connectivity index (χ0n) is 6.62. The predicted octanol–water partition coefficient (Wildman–Crippen LogP) is 0.349. The molecule has 3 heteroatoms. The summed E-state index contributed by atoms with van der Waals surface area (Å²) in [6.07, 6.45) is 1.75. The van der Waals surface area contributed by atoms with Gasteiger partial charge in [-0.15, -0.1) is 0 Å². The van der Waals surface area contributed by atoms with Crippen molar-refractivity contribution in [2.45, 2.75) is 13.0 Å². The van der Waals surface area contributed by atoms with E-state index in [9.17, 15) is 0 Å². The van der Waals surface area contributed by atoms with Crippen LogP contribution >= 0.6 is 0 Å². The first-order valence-corrected chi connectivity index (χ1v) is 3.62. The van der Waals surface area contributed by atoms with Crippen molar-refractivity contribution in [1.29, 1.82) is 0 Å². The highest BCUT2D eigenvalue weighted by atomic mass is 14.7. The van der Waals surface area contributed by atoms with E-state index in [-0.39, 0.29) is 6.04 Å². The molecule has 0 radical (unpaired) electrons. The summed E-state index contributed by atoms with van der Waals surface area (Å²) in [5.74, 6) is 0. The third-order valence-corrected chi connectivity index (χ3v) is 1.60. The zero-order chi connectivity index (χ0) is 8.27. The van der Waals surface area contributed by atoms with Gasteiger partial charge in [0.2, 0.25) is 0 Å². The Morgan fingerprint density at radius 3 is 2.91 bits per heavy atom. The minimum Gasteiger partial charge on any atom is -0.329 e. The molecule has 0 aromatic carbocycles. The minimum atomic E-state index is -0.0586. The first-order chi connectivity index (χ1) is 5.24. The molecule has 0 amide bonds. The second-order valence-corrected chi connectivity index (χ2v) is 2.57. The van der Waals surface area contributed by atoms with E-state index in [0.29, 0.717) is 6.54 Å². The van der Waals surface area contributed by atoms with E-state index in [1.54, 1.807) is 6.20 Å². The summed E-state index contributed by atoms with van der Waals surface area (Å²) in [4.78, 5) is 4.06. The molecule has 0 spiro atoms. The van der Waals surface area contributed by atoms with Crippen molar-refractivity contribution < 1.29 is 0 Å². The van der Waals surface area contributed by atoms with Crippen LogP contribution in [0.4, 0.5) is 0 Å². The lowest BCUT2D eigenvalue weighted by Gasteiger charge is -2.08. The van der Waals surface area contributed by atoms with Crippen LogP contribution < -0.4 is 11.5 Å². The fraction of sp³-hybridized carbons (Fsp3) is 0.375. The maximum absolute atomic E-state index is 5.71. The summed E-state index contributed by atoms with van der Waals surface area (Å²) >= 11 is 0. The van der Waals surface area contributed by atoms with E-state index >= 15 is 0 Å². The summed E-state index contributed by atoms with van der Waals surface area (Å²) in [5, 5.41) is 0. The highest BCUT2D eigenvalue weighted by molar-refractivity contribution is 5.19. The van der Waals surface area contributed by atoms with Gasteiger partial charge in [-0.2, -0.15) is 0 Å². The van der Waals surface area contributed by atoms with Crippen molar-refractivity contribution in [2.24, 2.45) is 11.5 Å².